The quantitative estimate of drug-likeness (QED) is 0.0272. The molecule has 0 heterocycles. The minimum atomic E-state index is -4.60. The zero-order chi connectivity index (χ0) is 55.6. The lowest BCUT2D eigenvalue weighted by Crippen LogP contribution is -2.45. The van der Waals surface area contributed by atoms with E-state index >= 15 is 0 Å². The van der Waals surface area contributed by atoms with E-state index in [-0.39, 0.29) is 19.1 Å². The first kappa shape index (κ1) is 74.5. The number of carbonyl (C=O) groups is 1. The van der Waals surface area contributed by atoms with E-state index in [0.29, 0.717) is 17.4 Å². The summed E-state index contributed by atoms with van der Waals surface area (Å²) in [5.74, 6) is -0.192. The summed E-state index contributed by atoms with van der Waals surface area (Å²) < 4.78 is 23.4. The number of hydrogen-bond donors (Lipinski definition) is 2. The third-order valence-electron chi connectivity index (χ3n) is 15.0. The van der Waals surface area contributed by atoms with Crippen LogP contribution in [0.25, 0.3) is 0 Å². The fourth-order valence-electron chi connectivity index (χ4n) is 9.87. The molecule has 3 unspecified atom stereocenters. The van der Waals surface area contributed by atoms with Gasteiger partial charge in [-0.2, -0.15) is 0 Å². The van der Waals surface area contributed by atoms with Crippen LogP contribution in [0.15, 0.2) is 48.6 Å². The maximum atomic E-state index is 13.0. The lowest BCUT2D eigenvalue weighted by atomic mass is 10.0. The summed E-state index contributed by atoms with van der Waals surface area (Å²) in [5, 5.41) is 13.9. The standard InChI is InChI=1S/C67H129N2O6P/c1-6-8-10-12-14-16-18-20-22-24-25-26-27-28-29-30-31-32-33-34-35-36-37-38-39-40-41-42-43-45-47-49-51-53-55-57-59-61-67(71)68-65(64-75-76(72,73)74-63-62-69(3,4)5)66(70)60-58-56-54-52-50-48-46-44-23-21-19-17-15-13-11-9-7-2/h18,20,24-25,27-28,58,60,65-66,70H,6-17,19,21-23,26,29-57,59,61-64H2,1-5H3,(H-,68,71,72,73)/b20-18-,25-24-,28-27-,60-58+. The SMILES string of the molecule is CCCCCCC/C=C\C/C=C\C/C=C\CCCCCCCCCCCCCCCCCCCCCCCCC(=O)NC(COP(=O)([O-])OCC[N+](C)(C)C)C(O)/C=C/CCCCCCCCCCCCCCCCC. The van der Waals surface area contributed by atoms with Gasteiger partial charge in [-0.25, -0.2) is 0 Å². The fourth-order valence-corrected chi connectivity index (χ4v) is 10.6. The number of quaternary nitrogens is 1. The van der Waals surface area contributed by atoms with Crippen LogP contribution in [0, 0.1) is 0 Å². The smallest absolute Gasteiger partial charge is 0.268 e. The molecule has 0 radical (unpaired) electrons. The maximum Gasteiger partial charge on any atom is 0.268 e. The van der Waals surface area contributed by atoms with Gasteiger partial charge in [-0.3, -0.25) is 9.36 Å². The first-order chi connectivity index (χ1) is 37.0. The number of unbranched alkanes of at least 4 members (excludes halogenated alkanes) is 42. The number of rotatable bonds is 61. The number of phosphoric ester groups is 1. The van der Waals surface area contributed by atoms with E-state index in [2.05, 4.69) is 55.6 Å². The van der Waals surface area contributed by atoms with Crippen LogP contribution >= 0.6 is 7.82 Å². The van der Waals surface area contributed by atoms with E-state index < -0.39 is 20.0 Å². The Morgan fingerprint density at radius 1 is 0.461 bits per heavy atom. The number of amides is 1. The third kappa shape index (κ3) is 60.1. The molecule has 0 rings (SSSR count). The number of nitrogens with zero attached hydrogens (tertiary/aromatic N) is 1. The van der Waals surface area contributed by atoms with Crippen molar-refractivity contribution in [2.45, 2.75) is 334 Å². The molecule has 9 heteroatoms. The molecule has 0 aliphatic rings. The van der Waals surface area contributed by atoms with Gasteiger partial charge in [0.15, 0.2) is 0 Å². The Labute approximate surface area is 473 Å². The van der Waals surface area contributed by atoms with Gasteiger partial charge < -0.3 is 28.8 Å². The number of phosphoric acid groups is 1. The third-order valence-corrected chi connectivity index (χ3v) is 16.0. The number of carbonyl (C=O) groups excluding carboxylic acids is 1. The first-order valence-electron chi connectivity index (χ1n) is 33.0. The van der Waals surface area contributed by atoms with Gasteiger partial charge in [0, 0.05) is 6.42 Å². The van der Waals surface area contributed by atoms with Gasteiger partial charge in [-0.1, -0.05) is 306 Å². The van der Waals surface area contributed by atoms with Crippen LogP contribution in [0.1, 0.15) is 322 Å². The largest absolute Gasteiger partial charge is 0.756 e. The monoisotopic (exact) mass is 1090 g/mol. The number of aliphatic hydroxyl groups is 1. The summed E-state index contributed by atoms with van der Waals surface area (Å²) in [6.07, 6.45) is 77.9. The minimum absolute atomic E-state index is 0.000480. The van der Waals surface area contributed by atoms with Crippen molar-refractivity contribution in [1.29, 1.82) is 0 Å². The Bertz CT molecular complexity index is 1380. The lowest BCUT2D eigenvalue weighted by Gasteiger charge is -2.29. The fraction of sp³-hybridized carbons (Fsp3) is 0.866. The topological polar surface area (TPSA) is 108 Å². The molecule has 2 N–H and O–H groups in total. The molecule has 0 aromatic rings. The summed E-state index contributed by atoms with van der Waals surface area (Å²) in [6, 6.07) is -0.886. The van der Waals surface area contributed by atoms with Gasteiger partial charge in [-0.05, 0) is 57.8 Å². The van der Waals surface area contributed by atoms with Crippen molar-refractivity contribution in [3.05, 3.63) is 48.6 Å². The van der Waals surface area contributed by atoms with Gasteiger partial charge in [0.2, 0.25) is 5.91 Å². The average molecular weight is 1090 g/mol. The molecule has 0 aromatic heterocycles. The summed E-state index contributed by atoms with van der Waals surface area (Å²) in [6.45, 7) is 4.67. The first-order valence-corrected chi connectivity index (χ1v) is 34.5. The van der Waals surface area contributed by atoms with E-state index in [0.717, 1.165) is 51.4 Å². The van der Waals surface area contributed by atoms with Gasteiger partial charge >= 0.3 is 0 Å². The molecule has 448 valence electrons. The van der Waals surface area contributed by atoms with Crippen molar-refractivity contribution in [2.24, 2.45) is 0 Å². The molecule has 0 saturated heterocycles. The Morgan fingerprint density at radius 2 is 0.763 bits per heavy atom. The maximum absolute atomic E-state index is 13.0. The van der Waals surface area contributed by atoms with Gasteiger partial charge in [0.25, 0.3) is 7.82 Å². The summed E-state index contributed by atoms with van der Waals surface area (Å²) in [7, 11) is 1.27. The molecule has 0 saturated carbocycles. The number of aliphatic hydroxyl groups excluding tert-OH is 1. The van der Waals surface area contributed by atoms with E-state index in [1.807, 2.05) is 27.2 Å². The van der Waals surface area contributed by atoms with E-state index in [4.69, 9.17) is 9.05 Å². The van der Waals surface area contributed by atoms with E-state index in [1.54, 1.807) is 6.08 Å². The van der Waals surface area contributed by atoms with Crippen molar-refractivity contribution in [3.8, 4) is 0 Å². The van der Waals surface area contributed by atoms with E-state index in [9.17, 15) is 19.4 Å². The molecule has 76 heavy (non-hydrogen) atoms. The molecule has 3 atom stereocenters. The van der Waals surface area contributed by atoms with E-state index in [1.165, 1.54) is 250 Å². The van der Waals surface area contributed by atoms with Crippen LogP contribution in [-0.2, 0) is 18.4 Å². The van der Waals surface area contributed by atoms with Crippen molar-refractivity contribution in [1.82, 2.24) is 5.32 Å². The van der Waals surface area contributed by atoms with Crippen LogP contribution in [0.3, 0.4) is 0 Å². The number of nitrogens with one attached hydrogen (secondary N) is 1. The summed E-state index contributed by atoms with van der Waals surface area (Å²) in [4.78, 5) is 25.5. The molecule has 1 amide bonds. The van der Waals surface area contributed by atoms with Crippen LogP contribution in [0.2, 0.25) is 0 Å². The second kappa shape index (κ2) is 58.1. The predicted molar refractivity (Wildman–Crippen MR) is 330 cm³/mol. The van der Waals surface area contributed by atoms with Gasteiger partial charge in [0.05, 0.1) is 39.9 Å². The summed E-state index contributed by atoms with van der Waals surface area (Å²) in [5.41, 5.74) is 0. The highest BCUT2D eigenvalue weighted by atomic mass is 31.2. The Balaban J connectivity index is 3.96. The molecule has 0 aliphatic carbocycles. The molecular weight excluding hydrogens is 960 g/mol. The predicted octanol–water partition coefficient (Wildman–Crippen LogP) is 20.0. The highest BCUT2D eigenvalue weighted by Gasteiger charge is 2.23. The summed E-state index contributed by atoms with van der Waals surface area (Å²) >= 11 is 0. The second-order valence-electron chi connectivity index (χ2n) is 23.8. The average Bonchev–Trinajstić information content (AvgIpc) is 3.38. The Hall–Kier alpha value is -1.54. The lowest BCUT2D eigenvalue weighted by molar-refractivity contribution is -0.870. The van der Waals surface area contributed by atoms with Crippen LogP contribution in [0.5, 0.6) is 0 Å². The zero-order valence-corrected chi connectivity index (χ0v) is 52.1. The number of allylic oxidation sites excluding steroid dienone is 7. The van der Waals surface area contributed by atoms with Gasteiger partial charge in [0.1, 0.15) is 13.2 Å². The van der Waals surface area contributed by atoms with Crippen LogP contribution in [-0.4, -0.2) is 68.5 Å². The highest BCUT2D eigenvalue weighted by molar-refractivity contribution is 7.45. The molecule has 0 aliphatic heterocycles. The number of hydrogen-bond acceptors (Lipinski definition) is 6. The molecule has 0 bridgehead atoms. The Kier molecular flexibility index (Phi) is 56.9. The van der Waals surface area contributed by atoms with Crippen molar-refractivity contribution in [3.63, 3.8) is 0 Å². The molecular formula is C67H129N2O6P. The van der Waals surface area contributed by atoms with Crippen LogP contribution in [0.4, 0.5) is 0 Å². The second-order valence-corrected chi connectivity index (χ2v) is 25.2. The Morgan fingerprint density at radius 3 is 1.11 bits per heavy atom. The van der Waals surface area contributed by atoms with Crippen molar-refractivity contribution in [2.75, 3.05) is 40.9 Å². The highest BCUT2D eigenvalue weighted by Crippen LogP contribution is 2.38. The zero-order valence-electron chi connectivity index (χ0n) is 51.2. The molecule has 0 fully saturated rings. The number of likely N-dealkylation sites (N-methyl/N-ethyl adjacent to an activating group) is 1. The van der Waals surface area contributed by atoms with Crippen LogP contribution < -0.4 is 10.2 Å². The molecule has 8 nitrogen and oxygen atoms in total. The minimum Gasteiger partial charge on any atom is -0.756 e. The van der Waals surface area contributed by atoms with Crippen molar-refractivity contribution >= 4 is 13.7 Å². The normalized spacial score (nSPS) is 14.0. The molecule has 0 spiro atoms. The van der Waals surface area contributed by atoms with Crippen molar-refractivity contribution < 1.29 is 32.9 Å². The molecule has 0 aromatic carbocycles. The van der Waals surface area contributed by atoms with Gasteiger partial charge in [-0.15, -0.1) is 0 Å².